The molecule has 2 rings (SSSR count). The summed E-state index contributed by atoms with van der Waals surface area (Å²) in [6, 6.07) is 13.4. The van der Waals surface area contributed by atoms with Crippen molar-refractivity contribution in [1.82, 2.24) is 4.90 Å². The number of benzene rings is 2. The summed E-state index contributed by atoms with van der Waals surface area (Å²) in [7, 11) is 1.43. The molecule has 0 atom stereocenters. The number of para-hydroxylation sites is 2. The van der Waals surface area contributed by atoms with E-state index in [1.165, 1.54) is 13.1 Å². The summed E-state index contributed by atoms with van der Waals surface area (Å²) in [6.45, 7) is 1.36. The quantitative estimate of drug-likeness (QED) is 0.675. The van der Waals surface area contributed by atoms with Crippen LogP contribution in [0.2, 0.25) is 0 Å². The molecule has 2 amide bonds. The van der Waals surface area contributed by atoms with Gasteiger partial charge in [-0.1, -0.05) is 30.3 Å². The summed E-state index contributed by atoms with van der Waals surface area (Å²) in [5, 5.41) is 13.8. The zero-order valence-corrected chi connectivity index (χ0v) is 13.4. The Labute approximate surface area is 139 Å². The molecule has 0 unspecified atom stereocenters. The van der Waals surface area contributed by atoms with Crippen molar-refractivity contribution in [3.8, 4) is 0 Å². The molecular formula is C17H17N3O4. The third kappa shape index (κ3) is 3.95. The van der Waals surface area contributed by atoms with Crippen molar-refractivity contribution >= 4 is 23.2 Å². The number of likely N-dealkylation sites (N-methyl/N-ethyl adjacent to an activating group) is 1. The van der Waals surface area contributed by atoms with Crippen LogP contribution < -0.4 is 5.32 Å². The lowest BCUT2D eigenvalue weighted by molar-refractivity contribution is -0.385. The van der Waals surface area contributed by atoms with Crippen LogP contribution in [-0.2, 0) is 4.79 Å². The number of hydrogen-bond donors (Lipinski definition) is 1. The normalized spacial score (nSPS) is 10.1. The molecule has 0 radical (unpaired) electrons. The average Bonchev–Trinajstić information content (AvgIpc) is 2.54. The molecule has 0 saturated heterocycles. The Kier molecular flexibility index (Phi) is 5.26. The van der Waals surface area contributed by atoms with E-state index in [1.807, 2.05) is 6.07 Å². The number of nitro groups is 1. The van der Waals surface area contributed by atoms with Gasteiger partial charge in [0.05, 0.1) is 11.5 Å². The highest BCUT2D eigenvalue weighted by Crippen LogP contribution is 2.24. The van der Waals surface area contributed by atoms with Gasteiger partial charge in [0, 0.05) is 18.3 Å². The minimum absolute atomic E-state index is 0.0324. The molecule has 0 bridgehead atoms. The number of nitrogens with one attached hydrogen (secondary N) is 1. The smallest absolute Gasteiger partial charge is 0.285 e. The maximum Gasteiger partial charge on any atom is 0.285 e. The number of anilines is 1. The molecular weight excluding hydrogens is 310 g/mol. The number of carbonyl (C=O) groups is 2. The van der Waals surface area contributed by atoms with Crippen LogP contribution >= 0.6 is 0 Å². The van der Waals surface area contributed by atoms with E-state index < -0.39 is 10.8 Å². The van der Waals surface area contributed by atoms with Crippen LogP contribution in [0.5, 0.6) is 0 Å². The molecule has 2 aromatic carbocycles. The monoisotopic (exact) mass is 327 g/mol. The van der Waals surface area contributed by atoms with Crippen LogP contribution in [0.3, 0.4) is 0 Å². The minimum atomic E-state index is -0.583. The molecule has 0 saturated carbocycles. The highest BCUT2D eigenvalue weighted by molar-refractivity contribution is 6.01. The van der Waals surface area contributed by atoms with E-state index in [0.717, 1.165) is 4.90 Å². The van der Waals surface area contributed by atoms with Gasteiger partial charge >= 0.3 is 0 Å². The molecule has 0 aliphatic carbocycles. The molecule has 7 heteroatoms. The van der Waals surface area contributed by atoms with Crippen molar-refractivity contribution in [3.63, 3.8) is 0 Å². The highest BCUT2D eigenvalue weighted by atomic mass is 16.6. The molecule has 124 valence electrons. The van der Waals surface area contributed by atoms with Gasteiger partial charge < -0.3 is 10.2 Å². The largest absolute Gasteiger partial charge is 0.332 e. The first-order valence-electron chi connectivity index (χ1n) is 7.24. The third-order valence-electron chi connectivity index (χ3n) is 3.44. The Morgan fingerprint density at radius 3 is 2.42 bits per heavy atom. The third-order valence-corrected chi connectivity index (χ3v) is 3.44. The number of hydrogen-bond acceptors (Lipinski definition) is 4. The van der Waals surface area contributed by atoms with E-state index in [-0.39, 0.29) is 23.7 Å². The van der Waals surface area contributed by atoms with Crippen LogP contribution in [0.25, 0.3) is 0 Å². The topological polar surface area (TPSA) is 92.6 Å². The molecule has 0 spiro atoms. The standard InChI is InChI=1S/C17H17N3O4/c1-12-7-6-10-14(16(12)20(23)24)17(22)19(2)11-15(21)18-13-8-4-3-5-9-13/h3-10H,11H2,1-2H3,(H,18,21). The molecule has 7 nitrogen and oxygen atoms in total. The first kappa shape index (κ1) is 17.1. The summed E-state index contributed by atoms with van der Waals surface area (Å²) in [5.41, 5.74) is 0.741. The predicted octanol–water partition coefficient (Wildman–Crippen LogP) is 2.61. The van der Waals surface area contributed by atoms with Crippen LogP contribution in [0, 0.1) is 17.0 Å². The van der Waals surface area contributed by atoms with Crippen molar-refractivity contribution in [2.45, 2.75) is 6.92 Å². The summed E-state index contributed by atoms with van der Waals surface area (Å²) < 4.78 is 0. The molecule has 0 aromatic heterocycles. The van der Waals surface area contributed by atoms with Gasteiger partial charge in [-0.05, 0) is 25.1 Å². The number of aryl methyl sites for hydroxylation is 1. The average molecular weight is 327 g/mol. The van der Waals surface area contributed by atoms with Crippen molar-refractivity contribution < 1.29 is 14.5 Å². The van der Waals surface area contributed by atoms with Crippen LogP contribution in [0.4, 0.5) is 11.4 Å². The number of nitrogens with zero attached hydrogens (tertiary/aromatic N) is 2. The van der Waals surface area contributed by atoms with E-state index in [0.29, 0.717) is 11.3 Å². The number of nitro benzene ring substituents is 1. The molecule has 0 heterocycles. The fourth-order valence-corrected chi connectivity index (χ4v) is 2.29. The Hall–Kier alpha value is -3.22. The first-order valence-corrected chi connectivity index (χ1v) is 7.24. The van der Waals surface area contributed by atoms with Crippen molar-refractivity contribution in [1.29, 1.82) is 0 Å². The Morgan fingerprint density at radius 2 is 1.79 bits per heavy atom. The summed E-state index contributed by atoms with van der Waals surface area (Å²) in [5.74, 6) is -0.957. The summed E-state index contributed by atoms with van der Waals surface area (Å²) >= 11 is 0. The van der Waals surface area contributed by atoms with Crippen molar-refractivity contribution in [3.05, 3.63) is 69.8 Å². The van der Waals surface area contributed by atoms with Crippen molar-refractivity contribution in [2.24, 2.45) is 0 Å². The van der Waals surface area contributed by atoms with E-state index in [1.54, 1.807) is 43.3 Å². The number of amides is 2. The van der Waals surface area contributed by atoms with E-state index in [9.17, 15) is 19.7 Å². The van der Waals surface area contributed by atoms with Crippen molar-refractivity contribution in [2.75, 3.05) is 18.9 Å². The van der Waals surface area contributed by atoms with Gasteiger partial charge in [0.2, 0.25) is 5.91 Å². The second kappa shape index (κ2) is 7.36. The van der Waals surface area contributed by atoms with Gasteiger partial charge in [0.25, 0.3) is 11.6 Å². The lowest BCUT2D eigenvalue weighted by atomic mass is 10.1. The lowest BCUT2D eigenvalue weighted by Gasteiger charge is -2.17. The number of rotatable bonds is 5. The minimum Gasteiger partial charge on any atom is -0.332 e. The summed E-state index contributed by atoms with van der Waals surface area (Å²) in [6.07, 6.45) is 0. The van der Waals surface area contributed by atoms with Gasteiger partial charge in [0.15, 0.2) is 0 Å². The Balaban J connectivity index is 2.11. The van der Waals surface area contributed by atoms with Gasteiger partial charge in [-0.2, -0.15) is 0 Å². The van der Waals surface area contributed by atoms with Crippen LogP contribution in [0.1, 0.15) is 15.9 Å². The molecule has 0 fully saturated rings. The Bertz CT molecular complexity index is 775. The van der Waals surface area contributed by atoms with Gasteiger partial charge in [-0.25, -0.2) is 0 Å². The first-order chi connectivity index (χ1) is 11.4. The lowest BCUT2D eigenvalue weighted by Crippen LogP contribution is -2.35. The van der Waals surface area contributed by atoms with Gasteiger partial charge in [0.1, 0.15) is 5.56 Å². The summed E-state index contributed by atoms with van der Waals surface area (Å²) in [4.78, 5) is 36.2. The molecule has 1 N–H and O–H groups in total. The molecule has 24 heavy (non-hydrogen) atoms. The second-order valence-electron chi connectivity index (χ2n) is 5.30. The highest BCUT2D eigenvalue weighted by Gasteiger charge is 2.25. The Morgan fingerprint density at radius 1 is 1.12 bits per heavy atom. The zero-order valence-electron chi connectivity index (χ0n) is 13.4. The maximum absolute atomic E-state index is 12.5. The predicted molar refractivity (Wildman–Crippen MR) is 89.9 cm³/mol. The van der Waals surface area contributed by atoms with E-state index >= 15 is 0 Å². The fourth-order valence-electron chi connectivity index (χ4n) is 2.29. The van der Waals surface area contributed by atoms with Crippen LogP contribution in [-0.4, -0.2) is 35.2 Å². The zero-order chi connectivity index (χ0) is 17.7. The number of carbonyl (C=O) groups excluding carboxylic acids is 2. The second-order valence-corrected chi connectivity index (χ2v) is 5.30. The van der Waals surface area contributed by atoms with E-state index in [4.69, 9.17) is 0 Å². The van der Waals surface area contributed by atoms with Crippen LogP contribution in [0.15, 0.2) is 48.5 Å². The molecule has 2 aromatic rings. The molecule has 0 aliphatic rings. The fraction of sp³-hybridized carbons (Fsp3) is 0.176. The SMILES string of the molecule is Cc1cccc(C(=O)N(C)CC(=O)Nc2ccccc2)c1[N+](=O)[O-]. The van der Waals surface area contributed by atoms with E-state index in [2.05, 4.69) is 5.32 Å². The maximum atomic E-state index is 12.5. The van der Waals surface area contributed by atoms with Gasteiger partial charge in [-0.3, -0.25) is 19.7 Å². The van der Waals surface area contributed by atoms with Gasteiger partial charge in [-0.15, -0.1) is 0 Å². The molecule has 0 aliphatic heterocycles.